The third-order valence-corrected chi connectivity index (χ3v) is 3.86. The molecule has 3 rings (SSSR count). The maximum atomic E-state index is 13.9. The number of fused-ring (bicyclic) bond motifs is 1. The fourth-order valence-corrected chi connectivity index (χ4v) is 2.69. The number of carbonyl (C=O) groups is 2. The van der Waals surface area contributed by atoms with Crippen molar-refractivity contribution in [2.75, 3.05) is 18.6 Å². The maximum absolute atomic E-state index is 13.9. The summed E-state index contributed by atoms with van der Waals surface area (Å²) in [5, 5.41) is 0. The second-order valence-electron chi connectivity index (χ2n) is 5.21. The van der Waals surface area contributed by atoms with Crippen molar-refractivity contribution in [3.05, 3.63) is 58.9 Å². The van der Waals surface area contributed by atoms with E-state index in [-0.39, 0.29) is 35.7 Å². The summed E-state index contributed by atoms with van der Waals surface area (Å²) in [5.74, 6) is -5.45. The van der Waals surface area contributed by atoms with E-state index in [4.69, 9.17) is 4.74 Å². The number of ether oxygens (including phenoxy) is 1. The van der Waals surface area contributed by atoms with Gasteiger partial charge in [0, 0.05) is 18.5 Å². The summed E-state index contributed by atoms with van der Waals surface area (Å²) < 4.78 is 45.6. The first-order valence-corrected chi connectivity index (χ1v) is 7.11. The van der Waals surface area contributed by atoms with E-state index < -0.39 is 28.9 Å². The minimum atomic E-state index is -1.71. The van der Waals surface area contributed by atoms with Gasteiger partial charge in [0.15, 0.2) is 23.2 Å². The van der Waals surface area contributed by atoms with Crippen LogP contribution in [0.5, 0.6) is 5.75 Å². The van der Waals surface area contributed by atoms with E-state index >= 15 is 0 Å². The molecular formula is C17H12F3NO3. The van der Waals surface area contributed by atoms with Crippen molar-refractivity contribution in [2.45, 2.75) is 6.42 Å². The zero-order valence-electron chi connectivity index (χ0n) is 12.6. The number of rotatable bonds is 2. The van der Waals surface area contributed by atoms with Crippen molar-refractivity contribution in [2.24, 2.45) is 0 Å². The van der Waals surface area contributed by atoms with Gasteiger partial charge in [-0.25, -0.2) is 13.2 Å². The Morgan fingerprint density at radius 2 is 1.88 bits per heavy atom. The van der Waals surface area contributed by atoms with Gasteiger partial charge in [0.25, 0.3) is 5.91 Å². The highest BCUT2D eigenvalue weighted by molar-refractivity contribution is 6.14. The van der Waals surface area contributed by atoms with Crippen molar-refractivity contribution >= 4 is 17.4 Å². The number of hydrogen-bond donors (Lipinski definition) is 0. The Hall–Kier alpha value is -2.83. The molecule has 4 nitrogen and oxygen atoms in total. The zero-order valence-corrected chi connectivity index (χ0v) is 12.6. The predicted molar refractivity (Wildman–Crippen MR) is 79.9 cm³/mol. The molecule has 7 heteroatoms. The second-order valence-corrected chi connectivity index (χ2v) is 5.21. The molecule has 0 aromatic heterocycles. The first kappa shape index (κ1) is 16.0. The molecule has 0 N–H and O–H groups in total. The normalized spacial score (nSPS) is 13.7. The highest BCUT2D eigenvalue weighted by atomic mass is 19.2. The average molecular weight is 335 g/mol. The van der Waals surface area contributed by atoms with Crippen LogP contribution in [0.4, 0.5) is 18.9 Å². The largest absolute Gasteiger partial charge is 0.495 e. The van der Waals surface area contributed by atoms with Gasteiger partial charge in [-0.3, -0.25) is 9.59 Å². The zero-order chi connectivity index (χ0) is 17.4. The summed E-state index contributed by atoms with van der Waals surface area (Å²) in [5.41, 5.74) is -0.151. The minimum absolute atomic E-state index is 0.0104. The van der Waals surface area contributed by atoms with E-state index in [1.165, 1.54) is 13.2 Å². The van der Waals surface area contributed by atoms with Crippen LogP contribution in [0.25, 0.3) is 0 Å². The van der Waals surface area contributed by atoms with Gasteiger partial charge < -0.3 is 9.64 Å². The first-order chi connectivity index (χ1) is 11.5. The lowest BCUT2D eigenvalue weighted by molar-refractivity contribution is 0.0951. The summed E-state index contributed by atoms with van der Waals surface area (Å²) in [4.78, 5) is 25.8. The van der Waals surface area contributed by atoms with Crippen molar-refractivity contribution in [3.63, 3.8) is 0 Å². The fraction of sp³-hybridized carbons (Fsp3) is 0.176. The number of anilines is 1. The first-order valence-electron chi connectivity index (χ1n) is 7.11. The van der Waals surface area contributed by atoms with Gasteiger partial charge in [0.1, 0.15) is 5.75 Å². The van der Waals surface area contributed by atoms with Gasteiger partial charge in [-0.1, -0.05) is 6.07 Å². The molecule has 124 valence electrons. The van der Waals surface area contributed by atoms with Crippen molar-refractivity contribution in [1.82, 2.24) is 0 Å². The van der Waals surface area contributed by atoms with Crippen LogP contribution >= 0.6 is 0 Å². The Labute approximate surface area is 135 Å². The Morgan fingerprint density at radius 3 is 2.58 bits per heavy atom. The van der Waals surface area contributed by atoms with Crippen molar-refractivity contribution < 1.29 is 27.5 Å². The van der Waals surface area contributed by atoms with E-state index in [1.807, 2.05) is 0 Å². The van der Waals surface area contributed by atoms with Gasteiger partial charge in [0.2, 0.25) is 0 Å². The number of methoxy groups -OCH3 is 1. The quantitative estimate of drug-likeness (QED) is 0.791. The summed E-state index contributed by atoms with van der Waals surface area (Å²) in [7, 11) is 1.37. The predicted octanol–water partition coefficient (Wildman–Crippen LogP) is 3.35. The molecule has 2 aromatic carbocycles. The lowest BCUT2D eigenvalue weighted by Crippen LogP contribution is -2.38. The lowest BCUT2D eigenvalue weighted by Gasteiger charge is -2.30. The molecule has 0 saturated heterocycles. The van der Waals surface area contributed by atoms with Gasteiger partial charge in [0.05, 0.1) is 18.4 Å². The van der Waals surface area contributed by atoms with Crippen molar-refractivity contribution in [1.29, 1.82) is 0 Å². The summed E-state index contributed by atoms with van der Waals surface area (Å²) in [6, 6.07) is 6.24. The van der Waals surface area contributed by atoms with E-state index in [0.717, 1.165) is 11.0 Å². The van der Waals surface area contributed by atoms with Crippen LogP contribution < -0.4 is 9.64 Å². The summed E-state index contributed by atoms with van der Waals surface area (Å²) in [6.45, 7) is -0.0104. The van der Waals surface area contributed by atoms with Gasteiger partial charge in [-0.2, -0.15) is 0 Å². The Bertz CT molecular complexity index is 851. The number of Topliss-reactive ketones (excluding diaryl/α,β-unsaturated/α-hetero) is 1. The highest BCUT2D eigenvalue weighted by Crippen LogP contribution is 2.37. The molecule has 0 spiro atoms. The van der Waals surface area contributed by atoms with Crippen LogP contribution in [0.1, 0.15) is 27.1 Å². The molecule has 2 aromatic rings. The van der Waals surface area contributed by atoms with Crippen LogP contribution in [-0.4, -0.2) is 25.3 Å². The molecule has 0 atom stereocenters. The highest BCUT2D eigenvalue weighted by Gasteiger charge is 2.32. The standard InChI is InChI=1S/C17H12F3NO3/c1-24-13-4-2-3-9-12(22)7-8-21(16(9)13)17(23)10-5-6-11(18)15(20)14(10)19/h2-6H,7-8H2,1H3. The summed E-state index contributed by atoms with van der Waals surface area (Å²) >= 11 is 0. The van der Waals surface area contributed by atoms with Crippen LogP contribution in [-0.2, 0) is 0 Å². The van der Waals surface area contributed by atoms with E-state index in [0.29, 0.717) is 6.07 Å². The maximum Gasteiger partial charge on any atom is 0.261 e. The molecule has 1 heterocycles. The number of amides is 1. The van der Waals surface area contributed by atoms with E-state index in [9.17, 15) is 22.8 Å². The molecule has 0 unspecified atom stereocenters. The monoisotopic (exact) mass is 335 g/mol. The third kappa shape index (κ3) is 2.42. The van der Waals surface area contributed by atoms with Gasteiger partial charge >= 0.3 is 0 Å². The molecular weight excluding hydrogens is 323 g/mol. The summed E-state index contributed by atoms with van der Waals surface area (Å²) in [6.07, 6.45) is 0.0389. The number of benzene rings is 2. The minimum Gasteiger partial charge on any atom is -0.495 e. The molecule has 1 aliphatic rings. The lowest BCUT2D eigenvalue weighted by atomic mass is 9.98. The molecule has 1 aliphatic heterocycles. The van der Waals surface area contributed by atoms with Crippen LogP contribution in [0.2, 0.25) is 0 Å². The van der Waals surface area contributed by atoms with Crippen molar-refractivity contribution in [3.8, 4) is 5.75 Å². The molecule has 0 aliphatic carbocycles. The number of hydrogen-bond acceptors (Lipinski definition) is 3. The topological polar surface area (TPSA) is 46.6 Å². The Balaban J connectivity index is 2.12. The van der Waals surface area contributed by atoms with Crippen LogP contribution in [0.3, 0.4) is 0 Å². The molecule has 0 bridgehead atoms. The number of para-hydroxylation sites is 1. The number of nitrogens with zero attached hydrogens (tertiary/aromatic N) is 1. The molecule has 0 radical (unpaired) electrons. The molecule has 1 amide bonds. The fourth-order valence-electron chi connectivity index (χ4n) is 2.69. The SMILES string of the molecule is COc1cccc2c1N(C(=O)c1ccc(F)c(F)c1F)CCC2=O. The smallest absolute Gasteiger partial charge is 0.261 e. The Kier molecular flexibility index (Phi) is 4.01. The number of halogens is 3. The van der Waals surface area contributed by atoms with E-state index in [2.05, 4.69) is 0 Å². The van der Waals surface area contributed by atoms with Gasteiger partial charge in [-0.05, 0) is 24.3 Å². The second kappa shape index (κ2) is 5.99. The number of carbonyl (C=O) groups excluding carboxylic acids is 2. The van der Waals surface area contributed by atoms with Gasteiger partial charge in [-0.15, -0.1) is 0 Å². The molecule has 0 fully saturated rings. The third-order valence-electron chi connectivity index (χ3n) is 3.86. The van der Waals surface area contributed by atoms with Crippen LogP contribution in [0, 0.1) is 17.5 Å². The van der Waals surface area contributed by atoms with E-state index in [1.54, 1.807) is 12.1 Å². The molecule has 24 heavy (non-hydrogen) atoms. The number of ketones is 1. The molecule has 0 saturated carbocycles. The van der Waals surface area contributed by atoms with Crippen LogP contribution in [0.15, 0.2) is 30.3 Å². The average Bonchev–Trinajstić information content (AvgIpc) is 2.59. The Morgan fingerprint density at radius 1 is 1.12 bits per heavy atom.